The third-order valence-corrected chi connectivity index (χ3v) is 2.82. The Bertz CT molecular complexity index is 385. The molecule has 0 bridgehead atoms. The lowest BCUT2D eigenvalue weighted by molar-refractivity contribution is -0.126. The monoisotopic (exact) mass is 238 g/mol. The van der Waals surface area contributed by atoms with E-state index in [1.54, 1.807) is 10.9 Å². The summed E-state index contributed by atoms with van der Waals surface area (Å²) in [7, 11) is 1.86. The Labute approximate surface area is 100 Å². The van der Waals surface area contributed by atoms with Gasteiger partial charge in [0.25, 0.3) is 0 Å². The molecule has 0 saturated carbocycles. The zero-order chi connectivity index (χ0) is 12.3. The first-order chi connectivity index (χ1) is 8.16. The lowest BCUT2D eigenvalue weighted by atomic mass is 10.1. The van der Waals surface area contributed by atoms with Crippen molar-refractivity contribution >= 4 is 5.91 Å². The normalized spacial score (nSPS) is 22.1. The summed E-state index contributed by atoms with van der Waals surface area (Å²) in [5.41, 5.74) is 0.998. The van der Waals surface area contributed by atoms with Crippen molar-refractivity contribution in [2.75, 3.05) is 19.8 Å². The third kappa shape index (κ3) is 3.04. The molecule has 0 spiro atoms. The zero-order valence-electron chi connectivity index (χ0n) is 10.1. The van der Waals surface area contributed by atoms with E-state index in [2.05, 4.69) is 15.7 Å². The molecule has 6 heteroatoms. The highest BCUT2D eigenvalue weighted by molar-refractivity contribution is 5.82. The molecule has 2 atom stereocenters. The first-order valence-electron chi connectivity index (χ1n) is 5.77. The van der Waals surface area contributed by atoms with Crippen molar-refractivity contribution in [3.8, 4) is 0 Å². The summed E-state index contributed by atoms with van der Waals surface area (Å²) in [4.78, 5) is 11.9. The van der Waals surface area contributed by atoms with Gasteiger partial charge in [-0.2, -0.15) is 5.10 Å². The Hall–Kier alpha value is -1.40. The molecule has 17 heavy (non-hydrogen) atoms. The number of hydrogen-bond acceptors (Lipinski definition) is 4. The highest BCUT2D eigenvalue weighted by Crippen LogP contribution is 2.10. The van der Waals surface area contributed by atoms with E-state index in [4.69, 9.17) is 4.74 Å². The molecule has 2 N–H and O–H groups in total. The topological polar surface area (TPSA) is 68.2 Å². The molecule has 1 saturated heterocycles. The van der Waals surface area contributed by atoms with Gasteiger partial charge in [0.15, 0.2) is 0 Å². The Morgan fingerprint density at radius 3 is 3.18 bits per heavy atom. The molecule has 0 aromatic carbocycles. The number of nitrogens with zero attached hydrogens (tertiary/aromatic N) is 2. The van der Waals surface area contributed by atoms with E-state index in [1.807, 2.05) is 20.2 Å². The lowest BCUT2D eigenvalue weighted by Gasteiger charge is -2.24. The fourth-order valence-corrected chi connectivity index (χ4v) is 1.79. The molecule has 2 heterocycles. The van der Waals surface area contributed by atoms with E-state index in [1.165, 1.54) is 0 Å². The van der Waals surface area contributed by atoms with Gasteiger partial charge in [0, 0.05) is 25.4 Å². The van der Waals surface area contributed by atoms with E-state index in [-0.39, 0.29) is 18.0 Å². The maximum absolute atomic E-state index is 11.9. The number of ether oxygens (including phenoxy) is 1. The minimum Gasteiger partial charge on any atom is -0.378 e. The van der Waals surface area contributed by atoms with Crippen molar-refractivity contribution in [3.63, 3.8) is 0 Å². The maximum atomic E-state index is 11.9. The highest BCUT2D eigenvalue weighted by atomic mass is 16.5. The van der Waals surface area contributed by atoms with Gasteiger partial charge < -0.3 is 15.4 Å². The van der Waals surface area contributed by atoms with Crippen LogP contribution in [0.2, 0.25) is 0 Å². The molecule has 0 aliphatic carbocycles. The average molecular weight is 238 g/mol. The summed E-state index contributed by atoms with van der Waals surface area (Å²) < 4.78 is 6.98. The van der Waals surface area contributed by atoms with E-state index < -0.39 is 0 Å². The summed E-state index contributed by atoms with van der Waals surface area (Å²) >= 11 is 0. The van der Waals surface area contributed by atoms with Crippen molar-refractivity contribution in [1.29, 1.82) is 0 Å². The first-order valence-corrected chi connectivity index (χ1v) is 5.77. The van der Waals surface area contributed by atoms with Crippen LogP contribution in [0.15, 0.2) is 12.4 Å². The second kappa shape index (κ2) is 5.29. The summed E-state index contributed by atoms with van der Waals surface area (Å²) in [6.45, 7) is 3.77. The number of morpholine rings is 1. The van der Waals surface area contributed by atoms with Crippen LogP contribution in [-0.4, -0.2) is 41.5 Å². The van der Waals surface area contributed by atoms with Gasteiger partial charge in [0.2, 0.25) is 5.91 Å². The highest BCUT2D eigenvalue weighted by Gasteiger charge is 2.22. The molecule has 0 radical (unpaired) electrons. The van der Waals surface area contributed by atoms with Crippen molar-refractivity contribution in [2.24, 2.45) is 7.05 Å². The number of carbonyl (C=O) groups is 1. The van der Waals surface area contributed by atoms with E-state index in [0.29, 0.717) is 13.2 Å². The lowest BCUT2D eigenvalue weighted by Crippen LogP contribution is -2.51. The van der Waals surface area contributed by atoms with Crippen LogP contribution < -0.4 is 10.6 Å². The van der Waals surface area contributed by atoms with E-state index >= 15 is 0 Å². The van der Waals surface area contributed by atoms with Crippen LogP contribution in [0, 0.1) is 0 Å². The second-order valence-electron chi connectivity index (χ2n) is 4.26. The van der Waals surface area contributed by atoms with Crippen molar-refractivity contribution in [3.05, 3.63) is 18.0 Å². The van der Waals surface area contributed by atoms with Gasteiger partial charge in [-0.25, -0.2) is 0 Å². The average Bonchev–Trinajstić information content (AvgIpc) is 2.77. The standard InChI is InChI=1S/C11H18N4O2/c1-8(9-5-13-15(2)6-9)14-11(16)10-7-17-4-3-12-10/h5-6,8,10,12H,3-4,7H2,1-2H3,(H,14,16). The second-order valence-corrected chi connectivity index (χ2v) is 4.26. The fourth-order valence-electron chi connectivity index (χ4n) is 1.79. The summed E-state index contributed by atoms with van der Waals surface area (Å²) in [6.07, 6.45) is 3.66. The van der Waals surface area contributed by atoms with Gasteiger partial charge >= 0.3 is 0 Å². The number of rotatable bonds is 3. The molecule has 2 rings (SSSR count). The Kier molecular flexibility index (Phi) is 3.75. The van der Waals surface area contributed by atoms with Crippen LogP contribution in [0.25, 0.3) is 0 Å². The Morgan fingerprint density at radius 2 is 2.59 bits per heavy atom. The van der Waals surface area contributed by atoms with Crippen LogP contribution in [-0.2, 0) is 16.6 Å². The Balaban J connectivity index is 1.89. The molecule has 2 unspecified atom stereocenters. The predicted octanol–water partition coefficient (Wildman–Crippen LogP) is -0.414. The molecule has 1 aliphatic rings. The summed E-state index contributed by atoms with van der Waals surface area (Å²) in [5.74, 6) is -0.0268. The van der Waals surface area contributed by atoms with Crippen molar-refractivity contribution in [1.82, 2.24) is 20.4 Å². The fraction of sp³-hybridized carbons (Fsp3) is 0.636. The van der Waals surface area contributed by atoms with Crippen LogP contribution in [0.3, 0.4) is 0 Å². The molecular formula is C11H18N4O2. The van der Waals surface area contributed by atoms with Gasteiger partial charge in [-0.3, -0.25) is 9.48 Å². The van der Waals surface area contributed by atoms with E-state index in [0.717, 1.165) is 12.1 Å². The molecule has 6 nitrogen and oxygen atoms in total. The largest absolute Gasteiger partial charge is 0.378 e. The van der Waals surface area contributed by atoms with Gasteiger partial charge in [-0.05, 0) is 6.92 Å². The van der Waals surface area contributed by atoms with Crippen molar-refractivity contribution < 1.29 is 9.53 Å². The molecule has 1 amide bonds. The molecule has 1 fully saturated rings. The SMILES string of the molecule is CC(NC(=O)C1COCCN1)c1cnn(C)c1. The molecule has 94 valence electrons. The van der Waals surface area contributed by atoms with Gasteiger partial charge in [-0.1, -0.05) is 0 Å². The van der Waals surface area contributed by atoms with Gasteiger partial charge in [0.1, 0.15) is 6.04 Å². The van der Waals surface area contributed by atoms with Crippen LogP contribution in [0.5, 0.6) is 0 Å². The minimum atomic E-state index is -0.247. The van der Waals surface area contributed by atoms with Crippen LogP contribution in [0.1, 0.15) is 18.5 Å². The van der Waals surface area contributed by atoms with Crippen LogP contribution in [0.4, 0.5) is 0 Å². The number of amides is 1. The smallest absolute Gasteiger partial charge is 0.240 e. The number of aryl methyl sites for hydroxylation is 1. The minimum absolute atomic E-state index is 0.0268. The van der Waals surface area contributed by atoms with Gasteiger partial charge in [0.05, 0.1) is 25.5 Å². The number of aromatic nitrogens is 2. The van der Waals surface area contributed by atoms with Crippen molar-refractivity contribution in [2.45, 2.75) is 19.0 Å². The molecule has 1 aromatic heterocycles. The van der Waals surface area contributed by atoms with Crippen LogP contribution >= 0.6 is 0 Å². The zero-order valence-corrected chi connectivity index (χ0v) is 10.1. The number of carbonyl (C=O) groups excluding carboxylic acids is 1. The molecular weight excluding hydrogens is 220 g/mol. The van der Waals surface area contributed by atoms with E-state index in [9.17, 15) is 4.79 Å². The quantitative estimate of drug-likeness (QED) is 0.751. The summed E-state index contributed by atoms with van der Waals surface area (Å²) in [6, 6.07) is -0.289. The first kappa shape index (κ1) is 12.1. The number of hydrogen-bond donors (Lipinski definition) is 2. The summed E-state index contributed by atoms with van der Waals surface area (Å²) in [5, 5.41) is 10.2. The Morgan fingerprint density at radius 1 is 1.76 bits per heavy atom. The molecule has 1 aliphatic heterocycles. The maximum Gasteiger partial charge on any atom is 0.240 e. The predicted molar refractivity (Wildman–Crippen MR) is 62.4 cm³/mol. The molecule has 1 aromatic rings. The third-order valence-electron chi connectivity index (χ3n) is 2.82. The van der Waals surface area contributed by atoms with Gasteiger partial charge in [-0.15, -0.1) is 0 Å². The number of nitrogens with one attached hydrogen (secondary N) is 2.